The van der Waals surface area contributed by atoms with Crippen LogP contribution in [0, 0.1) is 6.92 Å². The Morgan fingerprint density at radius 1 is 1.00 bits per heavy atom. The number of aromatic nitrogens is 5. The molecule has 7 heteroatoms. The lowest BCUT2D eigenvalue weighted by atomic mass is 10.1. The number of hydrogen-bond donors (Lipinski definition) is 1. The summed E-state index contributed by atoms with van der Waals surface area (Å²) in [5.74, 6) is -0.186. The van der Waals surface area contributed by atoms with Crippen LogP contribution in [-0.4, -0.2) is 30.5 Å². The highest BCUT2D eigenvalue weighted by Crippen LogP contribution is 2.24. The number of nitrogens with zero attached hydrogens (tertiary/aromatic N) is 5. The van der Waals surface area contributed by atoms with Crippen molar-refractivity contribution in [1.82, 2.24) is 29.9 Å². The van der Waals surface area contributed by atoms with E-state index < -0.39 is 0 Å². The number of carbonyl (C=O) groups excluding carboxylic acids is 1. The number of benzene rings is 2. The third-order valence-electron chi connectivity index (χ3n) is 5.42. The van der Waals surface area contributed by atoms with Crippen molar-refractivity contribution < 1.29 is 4.79 Å². The molecule has 0 saturated heterocycles. The fourth-order valence-corrected chi connectivity index (χ4v) is 3.80. The molecule has 0 saturated carbocycles. The monoisotopic (exact) mass is 422 g/mol. The van der Waals surface area contributed by atoms with Crippen LogP contribution in [0.15, 0.2) is 79.1 Å². The maximum atomic E-state index is 12.9. The summed E-state index contributed by atoms with van der Waals surface area (Å²) in [6.45, 7) is 2.26. The molecule has 0 aliphatic carbocycles. The van der Waals surface area contributed by atoms with Gasteiger partial charge in [-0.05, 0) is 25.1 Å². The van der Waals surface area contributed by atoms with E-state index in [-0.39, 0.29) is 5.91 Å². The molecular formula is C25H22N6O. The Morgan fingerprint density at radius 3 is 2.47 bits per heavy atom. The first-order chi connectivity index (χ1) is 15.6. The number of nitrogens with one attached hydrogen (secondary N) is 1. The standard InChI is InChI=1S/C25H22N6O/c1-17-22-13-19(14-26-24(22)30(2)28-17)25(32)27-15-20-16-31(21-11-7-4-8-12-21)29-23(20)18-9-5-3-6-10-18/h3-14,16H,15H2,1-2H3,(H,27,32). The van der Waals surface area contributed by atoms with Gasteiger partial charge in [-0.3, -0.25) is 9.48 Å². The van der Waals surface area contributed by atoms with Gasteiger partial charge in [0, 0.05) is 42.5 Å². The molecule has 5 aromatic rings. The van der Waals surface area contributed by atoms with Gasteiger partial charge in [0.25, 0.3) is 5.91 Å². The number of amides is 1. The van der Waals surface area contributed by atoms with Crippen LogP contribution in [0.3, 0.4) is 0 Å². The molecule has 7 nitrogen and oxygen atoms in total. The highest BCUT2D eigenvalue weighted by molar-refractivity contribution is 5.97. The van der Waals surface area contributed by atoms with Crippen LogP contribution in [0.1, 0.15) is 21.6 Å². The van der Waals surface area contributed by atoms with Gasteiger partial charge in [0.05, 0.1) is 22.6 Å². The maximum Gasteiger partial charge on any atom is 0.253 e. The minimum atomic E-state index is -0.186. The lowest BCUT2D eigenvalue weighted by Crippen LogP contribution is -2.23. The van der Waals surface area contributed by atoms with E-state index in [0.29, 0.717) is 12.1 Å². The minimum absolute atomic E-state index is 0.186. The van der Waals surface area contributed by atoms with Gasteiger partial charge >= 0.3 is 0 Å². The zero-order valence-electron chi connectivity index (χ0n) is 17.9. The van der Waals surface area contributed by atoms with Crippen LogP contribution in [0.2, 0.25) is 0 Å². The van der Waals surface area contributed by atoms with E-state index in [0.717, 1.165) is 39.2 Å². The summed E-state index contributed by atoms with van der Waals surface area (Å²) >= 11 is 0. The lowest BCUT2D eigenvalue weighted by molar-refractivity contribution is 0.0951. The highest BCUT2D eigenvalue weighted by Gasteiger charge is 2.15. The molecule has 3 heterocycles. The normalized spacial score (nSPS) is 11.1. The van der Waals surface area contributed by atoms with Crippen molar-refractivity contribution in [2.24, 2.45) is 7.05 Å². The predicted molar refractivity (Wildman–Crippen MR) is 123 cm³/mol. The average Bonchev–Trinajstić information content (AvgIpc) is 3.39. The molecular weight excluding hydrogens is 400 g/mol. The van der Waals surface area contributed by atoms with Gasteiger partial charge in [-0.15, -0.1) is 0 Å². The fraction of sp³-hybridized carbons (Fsp3) is 0.120. The molecule has 0 fully saturated rings. The van der Waals surface area contributed by atoms with Crippen molar-refractivity contribution in [3.63, 3.8) is 0 Å². The first kappa shape index (κ1) is 19.7. The van der Waals surface area contributed by atoms with E-state index in [1.807, 2.05) is 91.6 Å². The molecule has 0 aliphatic heterocycles. The van der Waals surface area contributed by atoms with Crippen molar-refractivity contribution in [3.05, 3.63) is 95.9 Å². The Kier molecular flexibility index (Phi) is 4.99. The average molecular weight is 422 g/mol. The second kappa shape index (κ2) is 8.11. The maximum absolute atomic E-state index is 12.9. The number of fused-ring (bicyclic) bond motifs is 1. The molecule has 1 amide bonds. The second-order valence-electron chi connectivity index (χ2n) is 7.64. The zero-order valence-corrected chi connectivity index (χ0v) is 17.9. The van der Waals surface area contributed by atoms with E-state index >= 15 is 0 Å². The predicted octanol–water partition coefficient (Wildman–Crippen LogP) is 4.06. The molecule has 1 N–H and O–H groups in total. The van der Waals surface area contributed by atoms with Crippen molar-refractivity contribution in [2.75, 3.05) is 0 Å². The molecule has 2 aromatic carbocycles. The molecule has 0 aliphatic rings. The van der Waals surface area contributed by atoms with Crippen molar-refractivity contribution in [1.29, 1.82) is 0 Å². The minimum Gasteiger partial charge on any atom is -0.348 e. The van der Waals surface area contributed by atoms with Gasteiger partial charge in [0.15, 0.2) is 5.65 Å². The summed E-state index contributed by atoms with van der Waals surface area (Å²) in [5.41, 5.74) is 5.84. The Morgan fingerprint density at radius 2 is 1.72 bits per heavy atom. The van der Waals surface area contributed by atoms with Crippen LogP contribution in [0.25, 0.3) is 28.0 Å². The third kappa shape index (κ3) is 3.65. The molecule has 5 rings (SSSR count). The molecule has 0 radical (unpaired) electrons. The quantitative estimate of drug-likeness (QED) is 0.463. The summed E-state index contributed by atoms with van der Waals surface area (Å²) in [6, 6.07) is 21.7. The largest absolute Gasteiger partial charge is 0.348 e. The van der Waals surface area contributed by atoms with E-state index in [1.165, 1.54) is 0 Å². The number of hydrogen-bond acceptors (Lipinski definition) is 4. The summed E-state index contributed by atoms with van der Waals surface area (Å²) in [6.07, 6.45) is 3.55. The molecule has 0 atom stereocenters. The number of para-hydroxylation sites is 1. The Hall–Kier alpha value is -4.26. The smallest absolute Gasteiger partial charge is 0.253 e. The van der Waals surface area contributed by atoms with E-state index in [4.69, 9.17) is 5.10 Å². The lowest BCUT2D eigenvalue weighted by Gasteiger charge is -2.06. The molecule has 0 unspecified atom stereocenters. The summed E-state index contributed by atoms with van der Waals surface area (Å²) in [7, 11) is 1.84. The van der Waals surface area contributed by atoms with Gasteiger partial charge in [-0.25, -0.2) is 9.67 Å². The number of pyridine rings is 1. The first-order valence-corrected chi connectivity index (χ1v) is 10.4. The number of carbonyl (C=O) groups is 1. The van der Waals surface area contributed by atoms with E-state index in [2.05, 4.69) is 15.4 Å². The van der Waals surface area contributed by atoms with Crippen LogP contribution >= 0.6 is 0 Å². The van der Waals surface area contributed by atoms with Crippen LogP contribution in [0.5, 0.6) is 0 Å². The molecule has 0 spiro atoms. The summed E-state index contributed by atoms with van der Waals surface area (Å²) < 4.78 is 3.56. The van der Waals surface area contributed by atoms with Gasteiger partial charge in [-0.1, -0.05) is 48.5 Å². The summed E-state index contributed by atoms with van der Waals surface area (Å²) in [5, 5.41) is 13.1. The third-order valence-corrected chi connectivity index (χ3v) is 5.42. The van der Waals surface area contributed by atoms with Crippen LogP contribution in [0.4, 0.5) is 0 Å². The van der Waals surface area contributed by atoms with E-state index in [1.54, 1.807) is 10.9 Å². The topological polar surface area (TPSA) is 77.6 Å². The number of aryl methyl sites for hydroxylation is 2. The van der Waals surface area contributed by atoms with Crippen LogP contribution in [-0.2, 0) is 13.6 Å². The van der Waals surface area contributed by atoms with Crippen LogP contribution < -0.4 is 5.32 Å². The Bertz CT molecular complexity index is 1400. The van der Waals surface area contributed by atoms with Gasteiger partial charge < -0.3 is 5.32 Å². The highest BCUT2D eigenvalue weighted by atomic mass is 16.1. The molecule has 0 bridgehead atoms. The van der Waals surface area contributed by atoms with Crippen molar-refractivity contribution >= 4 is 16.9 Å². The zero-order chi connectivity index (χ0) is 22.1. The number of rotatable bonds is 5. The Labute approximate surface area is 185 Å². The van der Waals surface area contributed by atoms with E-state index in [9.17, 15) is 4.79 Å². The fourth-order valence-electron chi connectivity index (χ4n) is 3.80. The summed E-state index contributed by atoms with van der Waals surface area (Å²) in [4.78, 5) is 17.3. The van der Waals surface area contributed by atoms with Gasteiger partial charge in [0.2, 0.25) is 0 Å². The van der Waals surface area contributed by atoms with Gasteiger partial charge in [-0.2, -0.15) is 10.2 Å². The Balaban J connectivity index is 1.44. The van der Waals surface area contributed by atoms with Gasteiger partial charge in [0.1, 0.15) is 0 Å². The SMILES string of the molecule is Cc1nn(C)c2ncc(C(=O)NCc3cn(-c4ccccc4)nc3-c3ccccc3)cc12. The molecule has 3 aromatic heterocycles. The first-order valence-electron chi connectivity index (χ1n) is 10.4. The van der Waals surface area contributed by atoms with Crippen molar-refractivity contribution in [2.45, 2.75) is 13.5 Å². The second-order valence-corrected chi connectivity index (χ2v) is 7.64. The molecule has 32 heavy (non-hydrogen) atoms. The molecule has 158 valence electrons. The van der Waals surface area contributed by atoms with Crippen molar-refractivity contribution in [3.8, 4) is 16.9 Å².